The van der Waals surface area contributed by atoms with E-state index >= 15 is 0 Å². The first-order valence-corrected chi connectivity index (χ1v) is 9.80. The number of hydrogen-bond acceptors (Lipinski definition) is 6. The molecule has 0 aliphatic rings. The number of nitrogens with zero attached hydrogens (tertiary/aromatic N) is 1. The number of hydrogen-bond donors (Lipinski definition) is 2. The number of ether oxygens (including phenoxy) is 3. The van der Waals surface area contributed by atoms with E-state index in [1.54, 1.807) is 44.6 Å². The molecule has 2 aromatic carbocycles. The zero-order valence-electron chi connectivity index (χ0n) is 16.3. The lowest BCUT2D eigenvalue weighted by molar-refractivity contribution is -0.126. The second-order valence-electron chi connectivity index (χ2n) is 5.71. The van der Waals surface area contributed by atoms with Crippen molar-refractivity contribution in [3.8, 4) is 17.2 Å². The van der Waals surface area contributed by atoms with Gasteiger partial charge in [0.1, 0.15) is 12.2 Å². The number of benzene rings is 2. The molecule has 0 fully saturated rings. The van der Waals surface area contributed by atoms with Crippen molar-refractivity contribution in [2.75, 3.05) is 26.1 Å². The minimum atomic E-state index is -0.528. The van der Waals surface area contributed by atoms with Gasteiger partial charge in [0.05, 0.1) is 30.6 Å². The first-order chi connectivity index (χ1) is 14.0. The SMILES string of the molecule is CCOc1ccc(NC(=O)CC(=O)NN=Cc2cc(I)c(OC)c(OC)c2)cc1. The van der Waals surface area contributed by atoms with Crippen molar-refractivity contribution < 1.29 is 23.8 Å². The maximum Gasteiger partial charge on any atom is 0.249 e. The summed E-state index contributed by atoms with van der Waals surface area (Å²) in [6, 6.07) is 10.5. The summed E-state index contributed by atoms with van der Waals surface area (Å²) in [7, 11) is 3.10. The van der Waals surface area contributed by atoms with Crippen molar-refractivity contribution in [1.82, 2.24) is 5.43 Å². The zero-order valence-corrected chi connectivity index (χ0v) is 18.5. The third-order valence-electron chi connectivity index (χ3n) is 3.63. The van der Waals surface area contributed by atoms with E-state index in [2.05, 4.69) is 38.4 Å². The molecule has 2 N–H and O–H groups in total. The predicted octanol–water partition coefficient (Wildman–Crippen LogP) is 3.19. The average Bonchev–Trinajstić information content (AvgIpc) is 2.69. The van der Waals surface area contributed by atoms with Gasteiger partial charge in [0.25, 0.3) is 0 Å². The van der Waals surface area contributed by atoms with Gasteiger partial charge in [-0.05, 0) is 71.5 Å². The molecular formula is C20H22IN3O5. The maximum absolute atomic E-state index is 12.0. The van der Waals surface area contributed by atoms with Crippen molar-refractivity contribution in [3.05, 3.63) is 45.5 Å². The smallest absolute Gasteiger partial charge is 0.249 e. The summed E-state index contributed by atoms with van der Waals surface area (Å²) in [4.78, 5) is 23.9. The minimum absolute atomic E-state index is 0.353. The zero-order chi connectivity index (χ0) is 21.2. The number of carbonyl (C=O) groups is 2. The molecule has 0 atom stereocenters. The van der Waals surface area contributed by atoms with Crippen LogP contribution in [0.4, 0.5) is 5.69 Å². The second kappa shape index (κ2) is 11.2. The highest BCUT2D eigenvalue weighted by atomic mass is 127. The van der Waals surface area contributed by atoms with E-state index in [4.69, 9.17) is 14.2 Å². The molecule has 0 radical (unpaired) electrons. The molecule has 0 spiro atoms. The van der Waals surface area contributed by atoms with Crippen LogP contribution in [-0.4, -0.2) is 38.9 Å². The summed E-state index contributed by atoms with van der Waals surface area (Å²) in [6.45, 7) is 2.46. The number of rotatable bonds is 9. The van der Waals surface area contributed by atoms with Crippen LogP contribution in [0.2, 0.25) is 0 Å². The van der Waals surface area contributed by atoms with Crippen LogP contribution in [0.1, 0.15) is 18.9 Å². The molecule has 0 aliphatic carbocycles. The Hall–Kier alpha value is -2.82. The number of halogens is 1. The summed E-state index contributed by atoms with van der Waals surface area (Å²) in [5.41, 5.74) is 3.63. The van der Waals surface area contributed by atoms with Crippen molar-refractivity contribution >= 4 is 46.3 Å². The Morgan fingerprint density at radius 3 is 2.45 bits per heavy atom. The Morgan fingerprint density at radius 1 is 1.10 bits per heavy atom. The van der Waals surface area contributed by atoms with Gasteiger partial charge >= 0.3 is 0 Å². The topological polar surface area (TPSA) is 98.2 Å². The van der Waals surface area contributed by atoms with Crippen LogP contribution >= 0.6 is 22.6 Å². The molecule has 8 nitrogen and oxygen atoms in total. The molecule has 0 saturated heterocycles. The molecule has 0 aliphatic heterocycles. The number of nitrogens with one attached hydrogen (secondary N) is 2. The minimum Gasteiger partial charge on any atom is -0.494 e. The van der Waals surface area contributed by atoms with Gasteiger partial charge in [-0.2, -0.15) is 5.10 Å². The number of hydrazone groups is 1. The van der Waals surface area contributed by atoms with E-state index in [-0.39, 0.29) is 6.42 Å². The van der Waals surface area contributed by atoms with Gasteiger partial charge in [0.2, 0.25) is 11.8 Å². The van der Waals surface area contributed by atoms with Gasteiger partial charge in [0.15, 0.2) is 11.5 Å². The Balaban J connectivity index is 1.87. The Morgan fingerprint density at radius 2 is 1.83 bits per heavy atom. The van der Waals surface area contributed by atoms with Gasteiger partial charge in [-0.15, -0.1) is 0 Å². The van der Waals surface area contributed by atoms with Crippen LogP contribution in [0.25, 0.3) is 0 Å². The van der Waals surface area contributed by atoms with Crippen LogP contribution in [0.15, 0.2) is 41.5 Å². The molecule has 0 heterocycles. The fraction of sp³-hybridized carbons (Fsp3) is 0.250. The summed E-state index contributed by atoms with van der Waals surface area (Å²) >= 11 is 2.12. The van der Waals surface area contributed by atoms with Crippen LogP contribution in [0, 0.1) is 3.57 Å². The summed E-state index contributed by atoms with van der Waals surface area (Å²) < 4.78 is 16.7. The average molecular weight is 511 g/mol. The Kier molecular flexibility index (Phi) is 8.71. The van der Waals surface area contributed by atoms with Gasteiger partial charge in [-0.3, -0.25) is 9.59 Å². The molecule has 0 saturated carbocycles. The first-order valence-electron chi connectivity index (χ1n) is 8.73. The molecule has 2 rings (SSSR count). The fourth-order valence-electron chi connectivity index (χ4n) is 2.38. The second-order valence-corrected chi connectivity index (χ2v) is 6.88. The van der Waals surface area contributed by atoms with Crippen LogP contribution < -0.4 is 25.0 Å². The van der Waals surface area contributed by atoms with E-state index in [9.17, 15) is 9.59 Å². The van der Waals surface area contributed by atoms with E-state index < -0.39 is 11.8 Å². The molecule has 0 unspecified atom stereocenters. The molecule has 154 valence electrons. The van der Waals surface area contributed by atoms with Gasteiger partial charge in [0, 0.05) is 5.69 Å². The lowest BCUT2D eigenvalue weighted by Gasteiger charge is -2.10. The largest absolute Gasteiger partial charge is 0.494 e. The highest BCUT2D eigenvalue weighted by Crippen LogP contribution is 2.33. The molecule has 29 heavy (non-hydrogen) atoms. The molecule has 0 aromatic heterocycles. The lowest BCUT2D eigenvalue weighted by atomic mass is 10.2. The summed E-state index contributed by atoms with van der Waals surface area (Å²) in [5, 5.41) is 6.53. The Labute approximate surface area is 182 Å². The van der Waals surface area contributed by atoms with Crippen LogP contribution in [0.3, 0.4) is 0 Å². The number of amides is 2. The maximum atomic E-state index is 12.0. The molecule has 9 heteroatoms. The third kappa shape index (κ3) is 6.93. The van der Waals surface area contributed by atoms with E-state index in [0.29, 0.717) is 35.1 Å². The molecule has 2 aromatic rings. The first kappa shape index (κ1) is 22.5. The summed E-state index contributed by atoms with van der Waals surface area (Å²) in [6.07, 6.45) is 1.11. The van der Waals surface area contributed by atoms with Gasteiger partial charge < -0.3 is 19.5 Å². The highest BCUT2D eigenvalue weighted by Gasteiger charge is 2.11. The third-order valence-corrected chi connectivity index (χ3v) is 4.43. The van der Waals surface area contributed by atoms with Crippen molar-refractivity contribution in [2.24, 2.45) is 5.10 Å². The highest BCUT2D eigenvalue weighted by molar-refractivity contribution is 14.1. The fourth-order valence-corrected chi connectivity index (χ4v) is 3.23. The van der Waals surface area contributed by atoms with Gasteiger partial charge in [-0.25, -0.2) is 5.43 Å². The lowest BCUT2D eigenvalue weighted by Crippen LogP contribution is -2.24. The van der Waals surface area contributed by atoms with E-state index in [0.717, 1.165) is 3.57 Å². The monoisotopic (exact) mass is 511 g/mol. The molecule has 2 amide bonds. The van der Waals surface area contributed by atoms with Crippen molar-refractivity contribution in [3.63, 3.8) is 0 Å². The predicted molar refractivity (Wildman–Crippen MR) is 119 cm³/mol. The van der Waals surface area contributed by atoms with Crippen LogP contribution in [-0.2, 0) is 9.59 Å². The number of methoxy groups -OCH3 is 2. The number of carbonyl (C=O) groups excluding carboxylic acids is 2. The van der Waals surface area contributed by atoms with Crippen molar-refractivity contribution in [2.45, 2.75) is 13.3 Å². The quantitative estimate of drug-likeness (QED) is 0.233. The normalized spacial score (nSPS) is 10.5. The van der Waals surface area contributed by atoms with E-state index in [1.807, 2.05) is 13.0 Å². The van der Waals surface area contributed by atoms with Crippen molar-refractivity contribution in [1.29, 1.82) is 0 Å². The molecule has 0 bridgehead atoms. The van der Waals surface area contributed by atoms with E-state index in [1.165, 1.54) is 6.21 Å². The van der Waals surface area contributed by atoms with Gasteiger partial charge in [-0.1, -0.05) is 0 Å². The summed E-state index contributed by atoms with van der Waals surface area (Å²) in [5.74, 6) is 0.923. The molecular weight excluding hydrogens is 489 g/mol. The van der Waals surface area contributed by atoms with Crippen LogP contribution in [0.5, 0.6) is 17.2 Å². The Bertz CT molecular complexity index is 884. The standard InChI is InChI=1S/C20H22IN3O5/c1-4-29-15-7-5-14(6-8-15)23-18(25)11-19(26)24-22-12-13-9-16(21)20(28-3)17(10-13)27-2/h5-10,12H,4,11H2,1-3H3,(H,23,25)(H,24,26). The number of anilines is 1.